The molecule has 1 heterocycles. The summed E-state index contributed by atoms with van der Waals surface area (Å²) in [5, 5.41) is 0. The zero-order valence-electron chi connectivity index (χ0n) is 12.1. The summed E-state index contributed by atoms with van der Waals surface area (Å²) < 4.78 is 11.2. The molecule has 1 saturated heterocycles. The van der Waals surface area contributed by atoms with E-state index >= 15 is 0 Å². The molecule has 0 atom stereocenters. The fourth-order valence-electron chi connectivity index (χ4n) is 2.66. The highest BCUT2D eigenvalue weighted by atomic mass is 16.7. The third kappa shape index (κ3) is 2.31. The number of carbonyl (C=O) groups excluding carboxylic acids is 1. The van der Waals surface area contributed by atoms with Crippen LogP contribution in [0.5, 0.6) is 0 Å². The number of hydrogen-bond donors (Lipinski definition) is 0. The van der Waals surface area contributed by atoms with Crippen molar-refractivity contribution in [3.05, 3.63) is 41.5 Å². The van der Waals surface area contributed by atoms with Crippen LogP contribution in [-0.4, -0.2) is 24.8 Å². The van der Waals surface area contributed by atoms with Gasteiger partial charge in [-0.15, -0.1) is 0 Å². The third-order valence-electron chi connectivity index (χ3n) is 3.73. The first-order chi connectivity index (χ1) is 10.3. The molecule has 0 bridgehead atoms. The highest BCUT2D eigenvalue weighted by Crippen LogP contribution is 2.47. The van der Waals surface area contributed by atoms with Gasteiger partial charge < -0.3 is 9.47 Å². The molecule has 3 heteroatoms. The van der Waals surface area contributed by atoms with Crippen LogP contribution >= 0.6 is 0 Å². The summed E-state index contributed by atoms with van der Waals surface area (Å²) in [7, 11) is 0. The lowest BCUT2D eigenvalue weighted by molar-refractivity contribution is -0.161. The maximum atomic E-state index is 12.4. The van der Waals surface area contributed by atoms with Crippen LogP contribution in [-0.2, 0) is 14.3 Å². The second-order valence-electron chi connectivity index (χ2n) is 5.16. The Morgan fingerprint density at radius 2 is 1.90 bits per heavy atom. The molecule has 21 heavy (non-hydrogen) atoms. The van der Waals surface area contributed by atoms with Crippen molar-refractivity contribution in [3.8, 4) is 11.8 Å². The van der Waals surface area contributed by atoms with E-state index in [4.69, 9.17) is 9.47 Å². The Bertz CT molecular complexity index is 625. The zero-order chi connectivity index (χ0) is 14.7. The van der Waals surface area contributed by atoms with Crippen LogP contribution in [0.1, 0.15) is 31.7 Å². The SMILES string of the molecule is CCCCC#CC1=C(c2ccccc2)C2(OCCO2)C1=O. The molecule has 0 unspecified atom stereocenters. The molecule has 1 aliphatic carbocycles. The van der Waals surface area contributed by atoms with Crippen LogP contribution in [0.3, 0.4) is 0 Å². The first-order valence-electron chi connectivity index (χ1n) is 7.41. The van der Waals surface area contributed by atoms with Crippen molar-refractivity contribution in [1.82, 2.24) is 0 Å². The summed E-state index contributed by atoms with van der Waals surface area (Å²) in [6.45, 7) is 3.01. The lowest BCUT2D eigenvalue weighted by Crippen LogP contribution is -2.50. The van der Waals surface area contributed by atoms with E-state index in [-0.39, 0.29) is 5.78 Å². The van der Waals surface area contributed by atoms with Crippen molar-refractivity contribution >= 4 is 11.4 Å². The van der Waals surface area contributed by atoms with Gasteiger partial charge >= 0.3 is 0 Å². The van der Waals surface area contributed by atoms with E-state index in [1.54, 1.807) is 0 Å². The number of ketones is 1. The highest BCUT2D eigenvalue weighted by molar-refractivity contribution is 6.26. The van der Waals surface area contributed by atoms with Crippen molar-refractivity contribution in [2.24, 2.45) is 0 Å². The molecule has 1 aliphatic heterocycles. The molecule has 1 spiro atoms. The second-order valence-corrected chi connectivity index (χ2v) is 5.16. The molecule has 1 aromatic carbocycles. The second kappa shape index (κ2) is 5.85. The number of rotatable bonds is 3. The van der Waals surface area contributed by atoms with Crippen LogP contribution < -0.4 is 0 Å². The molecule has 0 radical (unpaired) electrons. The summed E-state index contributed by atoms with van der Waals surface area (Å²) in [4.78, 5) is 12.4. The Labute approximate surface area is 124 Å². The van der Waals surface area contributed by atoms with Gasteiger partial charge in [-0.05, 0) is 12.0 Å². The molecule has 0 N–H and O–H groups in total. The molecule has 0 amide bonds. The number of ether oxygens (including phenoxy) is 2. The average molecular weight is 282 g/mol. The third-order valence-corrected chi connectivity index (χ3v) is 3.73. The Hall–Kier alpha value is -1.89. The largest absolute Gasteiger partial charge is 0.337 e. The van der Waals surface area contributed by atoms with Crippen molar-refractivity contribution in [1.29, 1.82) is 0 Å². The van der Waals surface area contributed by atoms with E-state index in [2.05, 4.69) is 18.8 Å². The predicted octanol–water partition coefficient (Wildman–Crippen LogP) is 2.96. The van der Waals surface area contributed by atoms with Crippen LogP contribution in [0.25, 0.3) is 5.57 Å². The highest BCUT2D eigenvalue weighted by Gasteiger charge is 2.58. The molecule has 108 valence electrons. The van der Waals surface area contributed by atoms with Gasteiger partial charge in [0.1, 0.15) is 0 Å². The first-order valence-corrected chi connectivity index (χ1v) is 7.41. The molecular formula is C18H18O3. The van der Waals surface area contributed by atoms with E-state index < -0.39 is 5.79 Å². The topological polar surface area (TPSA) is 35.5 Å². The van der Waals surface area contributed by atoms with Crippen molar-refractivity contribution in [2.45, 2.75) is 32.0 Å². The Morgan fingerprint density at radius 1 is 1.19 bits per heavy atom. The van der Waals surface area contributed by atoms with E-state index in [1.165, 1.54) is 0 Å². The van der Waals surface area contributed by atoms with Crippen LogP contribution in [0.2, 0.25) is 0 Å². The molecule has 1 aromatic rings. The summed E-state index contributed by atoms with van der Waals surface area (Å²) in [5.41, 5.74) is 2.27. The van der Waals surface area contributed by atoms with Gasteiger partial charge in [-0.25, -0.2) is 0 Å². The van der Waals surface area contributed by atoms with Gasteiger partial charge in [0.25, 0.3) is 5.79 Å². The van der Waals surface area contributed by atoms with Gasteiger partial charge in [-0.3, -0.25) is 4.79 Å². The minimum atomic E-state index is -1.20. The van der Waals surface area contributed by atoms with Gasteiger partial charge in [0.2, 0.25) is 5.78 Å². The van der Waals surface area contributed by atoms with Crippen molar-refractivity contribution in [2.75, 3.05) is 13.2 Å². The first kappa shape index (κ1) is 14.1. The van der Waals surface area contributed by atoms with Gasteiger partial charge in [0.15, 0.2) is 0 Å². The average Bonchev–Trinajstić information content (AvgIpc) is 3.03. The van der Waals surface area contributed by atoms with Crippen molar-refractivity contribution in [3.63, 3.8) is 0 Å². The van der Waals surface area contributed by atoms with Gasteiger partial charge in [-0.1, -0.05) is 55.5 Å². The summed E-state index contributed by atoms with van der Waals surface area (Å²) in [5.74, 6) is 4.77. The number of benzene rings is 1. The molecule has 0 aromatic heterocycles. The van der Waals surface area contributed by atoms with E-state index in [0.29, 0.717) is 18.8 Å². The molecular weight excluding hydrogens is 264 g/mol. The number of Topliss-reactive ketones (excluding diaryl/α,β-unsaturated/α-hetero) is 1. The fraction of sp³-hybridized carbons (Fsp3) is 0.389. The predicted molar refractivity (Wildman–Crippen MR) is 80.3 cm³/mol. The Kier molecular flexibility index (Phi) is 3.92. The number of hydrogen-bond acceptors (Lipinski definition) is 3. The molecule has 2 aliphatic rings. The fourth-order valence-corrected chi connectivity index (χ4v) is 2.66. The summed E-state index contributed by atoms with van der Waals surface area (Å²) >= 11 is 0. The maximum Gasteiger partial charge on any atom is 0.264 e. The van der Waals surface area contributed by atoms with E-state index in [0.717, 1.165) is 30.4 Å². The van der Waals surface area contributed by atoms with Gasteiger partial charge in [0.05, 0.1) is 18.8 Å². The standard InChI is InChI=1S/C18H18O3/c1-2-3-4-8-11-15-16(14-9-6-5-7-10-14)18(17(15)19)20-12-13-21-18/h5-7,9-10H,2-4,12-13H2,1H3. The molecule has 3 rings (SSSR count). The molecule has 0 saturated carbocycles. The zero-order valence-corrected chi connectivity index (χ0v) is 12.1. The summed E-state index contributed by atoms with van der Waals surface area (Å²) in [6.07, 6.45) is 2.96. The molecule has 1 fully saturated rings. The molecule has 3 nitrogen and oxygen atoms in total. The Morgan fingerprint density at radius 3 is 2.57 bits per heavy atom. The Balaban J connectivity index is 1.99. The van der Waals surface area contributed by atoms with Crippen LogP contribution in [0.15, 0.2) is 35.9 Å². The van der Waals surface area contributed by atoms with Gasteiger partial charge in [-0.2, -0.15) is 0 Å². The van der Waals surface area contributed by atoms with Crippen LogP contribution in [0.4, 0.5) is 0 Å². The minimum Gasteiger partial charge on any atom is -0.337 e. The van der Waals surface area contributed by atoms with Gasteiger partial charge in [0, 0.05) is 12.0 Å². The van der Waals surface area contributed by atoms with E-state index in [9.17, 15) is 4.79 Å². The van der Waals surface area contributed by atoms with Crippen LogP contribution in [0, 0.1) is 11.8 Å². The lowest BCUT2D eigenvalue weighted by atomic mass is 9.76. The normalized spacial score (nSPS) is 19.4. The van der Waals surface area contributed by atoms with E-state index in [1.807, 2.05) is 30.3 Å². The number of carbonyl (C=O) groups is 1. The quantitative estimate of drug-likeness (QED) is 0.631. The van der Waals surface area contributed by atoms with Crippen molar-refractivity contribution < 1.29 is 14.3 Å². The minimum absolute atomic E-state index is 0.136. The lowest BCUT2D eigenvalue weighted by Gasteiger charge is -2.37. The number of unbranched alkanes of at least 4 members (excludes halogenated alkanes) is 2. The summed E-state index contributed by atoms with van der Waals surface area (Å²) in [6, 6.07) is 9.75. The maximum absolute atomic E-state index is 12.4. The smallest absolute Gasteiger partial charge is 0.264 e. The monoisotopic (exact) mass is 282 g/mol.